The highest BCUT2D eigenvalue weighted by atomic mass is 15.1. The molecule has 0 unspecified atom stereocenters. The van der Waals surface area contributed by atoms with Crippen LogP contribution in [0.2, 0.25) is 0 Å². The summed E-state index contributed by atoms with van der Waals surface area (Å²) in [5, 5.41) is 0. The zero-order valence-corrected chi connectivity index (χ0v) is 12.3. The summed E-state index contributed by atoms with van der Waals surface area (Å²) in [5.74, 6) is 0.917. The van der Waals surface area contributed by atoms with Crippen molar-refractivity contribution in [3.63, 3.8) is 0 Å². The highest BCUT2D eigenvalue weighted by Gasteiger charge is 2.28. The van der Waals surface area contributed by atoms with E-state index in [4.69, 9.17) is 5.73 Å². The first-order chi connectivity index (χ1) is 9.05. The fourth-order valence-corrected chi connectivity index (χ4v) is 3.80. The van der Waals surface area contributed by atoms with Gasteiger partial charge in [-0.3, -0.25) is 0 Å². The van der Waals surface area contributed by atoms with Gasteiger partial charge in [-0.05, 0) is 56.2 Å². The first-order valence-corrected chi connectivity index (χ1v) is 7.72. The minimum absolute atomic E-state index is 0.227. The van der Waals surface area contributed by atoms with Gasteiger partial charge in [0.25, 0.3) is 0 Å². The van der Waals surface area contributed by atoms with Crippen LogP contribution in [-0.4, -0.2) is 13.1 Å². The summed E-state index contributed by atoms with van der Waals surface area (Å²) >= 11 is 0. The van der Waals surface area contributed by atoms with Crippen molar-refractivity contribution in [2.45, 2.75) is 51.5 Å². The maximum absolute atomic E-state index is 6.32. The van der Waals surface area contributed by atoms with Crippen molar-refractivity contribution in [3.05, 3.63) is 29.3 Å². The van der Waals surface area contributed by atoms with Gasteiger partial charge in [-0.1, -0.05) is 25.0 Å². The molecule has 1 aromatic carbocycles. The molecule has 1 fully saturated rings. The van der Waals surface area contributed by atoms with Crippen molar-refractivity contribution >= 4 is 5.69 Å². The van der Waals surface area contributed by atoms with E-state index in [1.165, 1.54) is 62.0 Å². The van der Waals surface area contributed by atoms with Crippen LogP contribution in [0.15, 0.2) is 18.2 Å². The van der Waals surface area contributed by atoms with Gasteiger partial charge in [0.1, 0.15) is 0 Å². The highest BCUT2D eigenvalue weighted by Crippen LogP contribution is 2.36. The van der Waals surface area contributed by atoms with E-state index in [0.717, 1.165) is 5.92 Å². The summed E-state index contributed by atoms with van der Waals surface area (Å²) in [6.45, 7) is 6.66. The zero-order valence-electron chi connectivity index (χ0n) is 12.3. The van der Waals surface area contributed by atoms with Gasteiger partial charge in [0.2, 0.25) is 0 Å². The maximum Gasteiger partial charge on any atom is 0.0403 e. The number of anilines is 1. The van der Waals surface area contributed by atoms with Crippen LogP contribution >= 0.6 is 0 Å². The molecule has 0 radical (unpaired) electrons. The van der Waals surface area contributed by atoms with Crippen LogP contribution in [0.1, 0.15) is 50.7 Å². The molecule has 0 saturated heterocycles. The average molecular weight is 258 g/mol. The zero-order chi connectivity index (χ0) is 13.5. The van der Waals surface area contributed by atoms with Crippen LogP contribution in [0.5, 0.6) is 0 Å². The van der Waals surface area contributed by atoms with Crippen LogP contribution in [0.3, 0.4) is 0 Å². The standard InChI is InChI=1S/C17H26N2/c1-17(2,18)15-8-5-9-16-14(15)10-11-19(16)12-13-6-3-4-7-13/h5,8-9,13H,3-4,6-7,10-12,18H2,1-2H3. The summed E-state index contributed by atoms with van der Waals surface area (Å²) in [7, 11) is 0. The molecule has 19 heavy (non-hydrogen) atoms. The molecule has 0 spiro atoms. The molecule has 1 aromatic rings. The Bertz CT molecular complexity index is 453. The van der Waals surface area contributed by atoms with E-state index < -0.39 is 0 Å². The van der Waals surface area contributed by atoms with Gasteiger partial charge >= 0.3 is 0 Å². The van der Waals surface area contributed by atoms with Gasteiger partial charge in [-0.15, -0.1) is 0 Å². The summed E-state index contributed by atoms with van der Waals surface area (Å²) in [5.41, 5.74) is 10.4. The molecule has 0 atom stereocenters. The molecule has 1 aliphatic heterocycles. The average Bonchev–Trinajstić information content (AvgIpc) is 2.98. The number of hydrogen-bond donors (Lipinski definition) is 1. The van der Waals surface area contributed by atoms with Crippen molar-refractivity contribution in [3.8, 4) is 0 Å². The molecule has 104 valence electrons. The van der Waals surface area contributed by atoms with Crippen LogP contribution in [0, 0.1) is 5.92 Å². The van der Waals surface area contributed by atoms with Gasteiger partial charge in [-0.25, -0.2) is 0 Å². The van der Waals surface area contributed by atoms with Gasteiger partial charge in [0.15, 0.2) is 0 Å². The van der Waals surface area contributed by atoms with Crippen LogP contribution in [-0.2, 0) is 12.0 Å². The molecule has 0 amide bonds. The fourth-order valence-electron chi connectivity index (χ4n) is 3.80. The van der Waals surface area contributed by atoms with E-state index in [1.54, 1.807) is 0 Å². The van der Waals surface area contributed by atoms with E-state index >= 15 is 0 Å². The summed E-state index contributed by atoms with van der Waals surface area (Å²) in [4.78, 5) is 2.60. The molecule has 2 heteroatoms. The summed E-state index contributed by atoms with van der Waals surface area (Å²) in [6.07, 6.45) is 6.88. The third-order valence-electron chi connectivity index (χ3n) is 4.77. The number of hydrogen-bond acceptors (Lipinski definition) is 2. The lowest BCUT2D eigenvalue weighted by Gasteiger charge is -2.26. The topological polar surface area (TPSA) is 29.3 Å². The maximum atomic E-state index is 6.32. The quantitative estimate of drug-likeness (QED) is 0.900. The van der Waals surface area contributed by atoms with E-state index in [2.05, 4.69) is 36.9 Å². The predicted molar refractivity (Wildman–Crippen MR) is 81.5 cm³/mol. The Kier molecular flexibility index (Phi) is 3.30. The van der Waals surface area contributed by atoms with E-state index in [0.29, 0.717) is 0 Å². The van der Waals surface area contributed by atoms with Crippen LogP contribution in [0.25, 0.3) is 0 Å². The molecular formula is C17H26N2. The Morgan fingerprint density at radius 3 is 2.68 bits per heavy atom. The van der Waals surface area contributed by atoms with Crippen LogP contribution < -0.4 is 10.6 Å². The normalized spacial score (nSPS) is 20.1. The number of rotatable bonds is 3. The molecule has 2 nitrogen and oxygen atoms in total. The van der Waals surface area contributed by atoms with Gasteiger partial charge in [-0.2, -0.15) is 0 Å². The summed E-state index contributed by atoms with van der Waals surface area (Å²) in [6, 6.07) is 6.67. The van der Waals surface area contributed by atoms with Crippen molar-refractivity contribution in [1.82, 2.24) is 0 Å². The van der Waals surface area contributed by atoms with E-state index in [1.807, 2.05) is 0 Å². The second-order valence-corrected chi connectivity index (χ2v) is 6.87. The summed E-state index contributed by atoms with van der Waals surface area (Å²) < 4.78 is 0. The largest absolute Gasteiger partial charge is 0.371 e. The molecule has 2 aliphatic rings. The van der Waals surface area contributed by atoms with Crippen molar-refractivity contribution in [2.24, 2.45) is 11.7 Å². The molecule has 1 heterocycles. The van der Waals surface area contributed by atoms with Crippen molar-refractivity contribution in [1.29, 1.82) is 0 Å². The minimum atomic E-state index is -0.227. The van der Waals surface area contributed by atoms with Crippen LogP contribution in [0.4, 0.5) is 5.69 Å². The van der Waals surface area contributed by atoms with Gasteiger partial charge in [0.05, 0.1) is 0 Å². The third-order valence-corrected chi connectivity index (χ3v) is 4.77. The third kappa shape index (κ3) is 2.51. The minimum Gasteiger partial charge on any atom is -0.371 e. The fraction of sp³-hybridized carbons (Fsp3) is 0.647. The number of fused-ring (bicyclic) bond motifs is 1. The lowest BCUT2D eigenvalue weighted by atomic mass is 9.90. The van der Waals surface area contributed by atoms with Gasteiger partial charge < -0.3 is 10.6 Å². The van der Waals surface area contributed by atoms with E-state index in [-0.39, 0.29) is 5.54 Å². The molecule has 1 aliphatic carbocycles. The number of nitrogens with two attached hydrogens (primary N) is 1. The second-order valence-electron chi connectivity index (χ2n) is 6.87. The van der Waals surface area contributed by atoms with Crippen molar-refractivity contribution in [2.75, 3.05) is 18.0 Å². The first-order valence-electron chi connectivity index (χ1n) is 7.72. The molecule has 1 saturated carbocycles. The Labute approximate surface area is 117 Å². The predicted octanol–water partition coefficient (Wildman–Crippen LogP) is 3.43. The lowest BCUT2D eigenvalue weighted by molar-refractivity contribution is 0.538. The lowest BCUT2D eigenvalue weighted by Crippen LogP contribution is -2.30. The number of benzene rings is 1. The molecular weight excluding hydrogens is 232 g/mol. The van der Waals surface area contributed by atoms with E-state index in [9.17, 15) is 0 Å². The SMILES string of the molecule is CC(C)(N)c1cccc2c1CCN2CC1CCCC1. The number of nitrogens with zero attached hydrogens (tertiary/aromatic N) is 1. The molecule has 2 N–H and O–H groups in total. The van der Waals surface area contributed by atoms with Gasteiger partial charge in [0, 0.05) is 24.3 Å². The second kappa shape index (κ2) is 4.82. The Morgan fingerprint density at radius 1 is 1.26 bits per heavy atom. The molecule has 0 aromatic heterocycles. The molecule has 3 rings (SSSR count). The first kappa shape index (κ1) is 13.0. The monoisotopic (exact) mass is 258 g/mol. The Balaban J connectivity index is 1.84. The smallest absolute Gasteiger partial charge is 0.0403 e. The Hall–Kier alpha value is -1.02. The molecule has 0 bridgehead atoms. The van der Waals surface area contributed by atoms with Crippen molar-refractivity contribution < 1.29 is 0 Å². The Morgan fingerprint density at radius 2 is 2.00 bits per heavy atom. The highest BCUT2D eigenvalue weighted by molar-refractivity contribution is 5.62.